The lowest BCUT2D eigenvalue weighted by Gasteiger charge is -2.44. The molecule has 3 fully saturated rings. The van der Waals surface area contributed by atoms with Gasteiger partial charge in [-0.25, -0.2) is 0 Å². The van der Waals surface area contributed by atoms with Crippen molar-refractivity contribution in [2.45, 2.75) is 44.2 Å². The molecule has 0 amide bonds. The average molecular weight is 259 g/mol. The highest BCUT2D eigenvalue weighted by Crippen LogP contribution is 2.30. The maximum atomic E-state index is 12.6. The molecule has 2 aliphatic heterocycles. The van der Waals surface area contributed by atoms with Gasteiger partial charge in [-0.3, -0.25) is 0 Å². The molecule has 1 N–H and O–H groups in total. The molecule has 1 saturated carbocycles. The van der Waals surface area contributed by atoms with E-state index < -0.39 is 10.2 Å². The largest absolute Gasteiger partial charge is 0.313 e. The van der Waals surface area contributed by atoms with Gasteiger partial charge in [0.15, 0.2) is 0 Å². The van der Waals surface area contributed by atoms with Gasteiger partial charge in [-0.15, -0.1) is 0 Å². The van der Waals surface area contributed by atoms with Crippen LogP contribution in [-0.4, -0.2) is 55.3 Å². The minimum absolute atomic E-state index is 0.198. The zero-order chi connectivity index (χ0) is 11.9. The van der Waals surface area contributed by atoms with Crippen LogP contribution in [0.5, 0.6) is 0 Å². The third-order valence-electron chi connectivity index (χ3n) is 4.25. The molecule has 0 spiro atoms. The highest BCUT2D eigenvalue weighted by Gasteiger charge is 2.43. The van der Waals surface area contributed by atoms with Crippen molar-refractivity contribution in [3.8, 4) is 0 Å². The van der Waals surface area contributed by atoms with Crippen LogP contribution in [0.3, 0.4) is 0 Å². The van der Waals surface area contributed by atoms with E-state index in [1.165, 1.54) is 12.8 Å². The van der Waals surface area contributed by atoms with E-state index in [9.17, 15) is 8.42 Å². The Morgan fingerprint density at radius 2 is 1.47 bits per heavy atom. The predicted molar refractivity (Wildman–Crippen MR) is 65.9 cm³/mol. The van der Waals surface area contributed by atoms with Crippen LogP contribution in [0.4, 0.5) is 0 Å². The van der Waals surface area contributed by atoms with Crippen molar-refractivity contribution in [2.24, 2.45) is 0 Å². The van der Waals surface area contributed by atoms with E-state index in [0.717, 1.165) is 38.9 Å². The molecule has 5 nitrogen and oxygen atoms in total. The van der Waals surface area contributed by atoms with E-state index in [2.05, 4.69) is 5.32 Å². The molecule has 2 heterocycles. The van der Waals surface area contributed by atoms with Gasteiger partial charge in [-0.05, 0) is 19.3 Å². The molecular formula is C11H21N3O2S. The fraction of sp³-hybridized carbons (Fsp3) is 1.00. The van der Waals surface area contributed by atoms with Gasteiger partial charge in [0.2, 0.25) is 0 Å². The summed E-state index contributed by atoms with van der Waals surface area (Å²) in [7, 11) is -3.18. The Balaban J connectivity index is 1.79. The van der Waals surface area contributed by atoms with Gasteiger partial charge < -0.3 is 5.32 Å². The third-order valence-corrected chi connectivity index (χ3v) is 6.40. The molecule has 0 unspecified atom stereocenters. The van der Waals surface area contributed by atoms with Crippen LogP contribution in [0.1, 0.15) is 32.1 Å². The number of nitrogens with zero attached hydrogens (tertiary/aromatic N) is 2. The van der Waals surface area contributed by atoms with Crippen LogP contribution in [0, 0.1) is 0 Å². The van der Waals surface area contributed by atoms with Gasteiger partial charge in [0, 0.05) is 32.2 Å². The smallest absolute Gasteiger partial charge is 0.282 e. The zero-order valence-electron chi connectivity index (χ0n) is 10.1. The molecule has 3 aliphatic rings. The predicted octanol–water partition coefficient (Wildman–Crippen LogP) is 0.153. The Kier molecular flexibility index (Phi) is 3.15. The summed E-state index contributed by atoms with van der Waals surface area (Å²) in [5.74, 6) is 0. The average Bonchev–Trinajstić information content (AvgIpc) is 2.71. The first-order valence-electron chi connectivity index (χ1n) is 6.69. The highest BCUT2D eigenvalue weighted by atomic mass is 32.2. The van der Waals surface area contributed by atoms with Crippen molar-refractivity contribution >= 4 is 10.2 Å². The standard InChI is InChI=1S/C11H21N3O2S/c15-17(16)13(10-4-1-2-5-10)6-3-7-14(17)11-8-12-9-11/h10-12H,1-9H2. The first kappa shape index (κ1) is 11.9. The normalized spacial score (nSPS) is 32.7. The summed E-state index contributed by atoms with van der Waals surface area (Å²) in [5, 5.41) is 3.16. The fourth-order valence-electron chi connectivity index (χ4n) is 3.16. The Morgan fingerprint density at radius 1 is 0.882 bits per heavy atom. The first-order chi connectivity index (χ1) is 8.19. The van der Waals surface area contributed by atoms with E-state index in [0.29, 0.717) is 6.54 Å². The van der Waals surface area contributed by atoms with Crippen LogP contribution >= 0.6 is 0 Å². The molecule has 17 heavy (non-hydrogen) atoms. The van der Waals surface area contributed by atoms with E-state index in [1.807, 2.05) is 0 Å². The molecule has 0 aromatic heterocycles. The summed E-state index contributed by atoms with van der Waals surface area (Å²) in [6, 6.07) is 0.472. The zero-order valence-corrected chi connectivity index (χ0v) is 11.0. The molecule has 3 rings (SSSR count). The molecule has 0 radical (unpaired) electrons. The molecule has 0 bridgehead atoms. The van der Waals surface area contributed by atoms with E-state index in [-0.39, 0.29) is 12.1 Å². The first-order valence-corrected chi connectivity index (χ1v) is 8.08. The van der Waals surface area contributed by atoms with Crippen LogP contribution in [0.2, 0.25) is 0 Å². The molecule has 6 heteroatoms. The van der Waals surface area contributed by atoms with Gasteiger partial charge in [-0.1, -0.05) is 12.8 Å². The van der Waals surface area contributed by atoms with Crippen LogP contribution in [-0.2, 0) is 10.2 Å². The Labute approximate surface area is 103 Å². The number of nitrogens with one attached hydrogen (secondary N) is 1. The lowest BCUT2D eigenvalue weighted by molar-refractivity contribution is 0.178. The van der Waals surface area contributed by atoms with Crippen LogP contribution in [0.25, 0.3) is 0 Å². The number of rotatable bonds is 2. The summed E-state index contributed by atoms with van der Waals surface area (Å²) in [6.45, 7) is 3.07. The van der Waals surface area contributed by atoms with Gasteiger partial charge in [0.25, 0.3) is 10.2 Å². The van der Waals surface area contributed by atoms with Crippen LogP contribution < -0.4 is 5.32 Å². The lowest BCUT2D eigenvalue weighted by atomic mass is 10.2. The Hall–Kier alpha value is -0.170. The van der Waals surface area contributed by atoms with Gasteiger partial charge in [0.1, 0.15) is 0 Å². The van der Waals surface area contributed by atoms with Crippen LogP contribution in [0.15, 0.2) is 0 Å². The third kappa shape index (κ3) is 2.01. The van der Waals surface area contributed by atoms with E-state index in [4.69, 9.17) is 0 Å². The molecular weight excluding hydrogens is 238 g/mol. The van der Waals surface area contributed by atoms with Gasteiger partial charge in [-0.2, -0.15) is 17.0 Å². The van der Waals surface area contributed by atoms with Gasteiger partial charge >= 0.3 is 0 Å². The van der Waals surface area contributed by atoms with Crippen molar-refractivity contribution < 1.29 is 8.42 Å². The summed E-state index contributed by atoms with van der Waals surface area (Å²) >= 11 is 0. The topological polar surface area (TPSA) is 52.7 Å². The van der Waals surface area contributed by atoms with Crippen molar-refractivity contribution in [1.82, 2.24) is 13.9 Å². The van der Waals surface area contributed by atoms with Crippen molar-refractivity contribution in [3.05, 3.63) is 0 Å². The fourth-order valence-corrected chi connectivity index (χ4v) is 5.26. The second-order valence-corrected chi connectivity index (χ2v) is 7.17. The van der Waals surface area contributed by atoms with Crippen molar-refractivity contribution in [3.63, 3.8) is 0 Å². The molecule has 0 atom stereocenters. The molecule has 0 aromatic carbocycles. The Bertz CT molecular complexity index is 374. The minimum atomic E-state index is -3.18. The quantitative estimate of drug-likeness (QED) is 0.768. The van der Waals surface area contributed by atoms with E-state index >= 15 is 0 Å². The molecule has 1 aliphatic carbocycles. The Morgan fingerprint density at radius 3 is 2.00 bits per heavy atom. The maximum Gasteiger partial charge on any atom is 0.282 e. The van der Waals surface area contributed by atoms with Crippen molar-refractivity contribution in [1.29, 1.82) is 0 Å². The SMILES string of the molecule is O=S1(=O)N(C2CCCC2)CCCN1C1CNC1. The maximum absolute atomic E-state index is 12.6. The second kappa shape index (κ2) is 4.50. The summed E-state index contributed by atoms with van der Waals surface area (Å²) in [4.78, 5) is 0. The molecule has 2 saturated heterocycles. The molecule has 0 aromatic rings. The molecule has 98 valence electrons. The summed E-state index contributed by atoms with van der Waals surface area (Å²) < 4.78 is 28.6. The minimum Gasteiger partial charge on any atom is -0.313 e. The van der Waals surface area contributed by atoms with Gasteiger partial charge in [0.05, 0.1) is 6.04 Å². The summed E-state index contributed by atoms with van der Waals surface area (Å²) in [6.07, 6.45) is 5.45. The van der Waals surface area contributed by atoms with E-state index in [1.54, 1.807) is 8.61 Å². The lowest BCUT2D eigenvalue weighted by Crippen LogP contribution is -2.64. The second-order valence-electron chi connectivity index (χ2n) is 5.33. The van der Waals surface area contributed by atoms with Crippen molar-refractivity contribution in [2.75, 3.05) is 26.2 Å². The summed E-state index contributed by atoms with van der Waals surface area (Å²) in [5.41, 5.74) is 0. The monoisotopic (exact) mass is 259 g/mol. The number of hydrogen-bond acceptors (Lipinski definition) is 3. The highest BCUT2D eigenvalue weighted by molar-refractivity contribution is 7.86. The number of hydrogen-bond donors (Lipinski definition) is 1.